The number of aromatic nitrogens is 2. The maximum Gasteiger partial charge on any atom is 0.262 e. The third kappa shape index (κ3) is 2.17. The summed E-state index contributed by atoms with van der Waals surface area (Å²) in [5, 5.41) is 7.90. The van der Waals surface area contributed by atoms with Crippen molar-refractivity contribution in [2.45, 2.75) is 0 Å². The smallest absolute Gasteiger partial charge is 0.262 e. The first-order valence-electron chi connectivity index (χ1n) is 5.58. The summed E-state index contributed by atoms with van der Waals surface area (Å²) in [6, 6.07) is 7.24. The summed E-state index contributed by atoms with van der Waals surface area (Å²) in [7, 11) is 1.58. The van der Waals surface area contributed by atoms with Crippen LogP contribution in [0.25, 0.3) is 22.8 Å². The molecular weight excluding hydrogens is 262 g/mol. The first-order chi connectivity index (χ1) is 9.28. The number of nitrogens with zero attached hydrogens (tertiary/aromatic N) is 2. The van der Waals surface area contributed by atoms with Gasteiger partial charge in [-0.3, -0.25) is 0 Å². The Kier molecular flexibility index (Phi) is 2.92. The molecule has 2 heterocycles. The summed E-state index contributed by atoms with van der Waals surface area (Å²) in [5.74, 6) is 1.59. The standard InChI is InChI=1S/C13H11N3O2S/c1-17-11-6-9(14)2-3-10(11)13-15-12(16-18-13)8-4-5-19-7-8/h2-7H,14H2,1H3. The van der Waals surface area contributed by atoms with Gasteiger partial charge in [-0.05, 0) is 23.6 Å². The fourth-order valence-corrected chi connectivity index (χ4v) is 2.36. The van der Waals surface area contributed by atoms with Crippen molar-refractivity contribution in [2.75, 3.05) is 12.8 Å². The lowest BCUT2D eigenvalue weighted by Crippen LogP contribution is -1.91. The van der Waals surface area contributed by atoms with E-state index in [0.29, 0.717) is 23.2 Å². The molecule has 2 aromatic heterocycles. The van der Waals surface area contributed by atoms with Gasteiger partial charge in [0, 0.05) is 22.7 Å². The first kappa shape index (κ1) is 11.7. The number of thiophene rings is 1. The summed E-state index contributed by atoms with van der Waals surface area (Å²) in [6.07, 6.45) is 0. The van der Waals surface area contributed by atoms with Crippen molar-refractivity contribution in [3.05, 3.63) is 35.0 Å². The number of benzene rings is 1. The molecule has 0 radical (unpaired) electrons. The SMILES string of the molecule is COc1cc(N)ccc1-c1nc(-c2ccsc2)no1. The van der Waals surface area contributed by atoms with Crippen LogP contribution in [0.4, 0.5) is 5.69 Å². The molecule has 6 heteroatoms. The van der Waals surface area contributed by atoms with E-state index >= 15 is 0 Å². The summed E-state index contributed by atoms with van der Waals surface area (Å²) < 4.78 is 10.6. The molecule has 0 aliphatic carbocycles. The Balaban J connectivity index is 2.03. The Morgan fingerprint density at radius 2 is 2.21 bits per heavy atom. The highest BCUT2D eigenvalue weighted by atomic mass is 32.1. The van der Waals surface area contributed by atoms with Crippen LogP contribution >= 0.6 is 11.3 Å². The number of anilines is 1. The van der Waals surface area contributed by atoms with Crippen LogP contribution in [0.1, 0.15) is 0 Å². The number of hydrogen-bond donors (Lipinski definition) is 1. The Hall–Kier alpha value is -2.34. The van der Waals surface area contributed by atoms with Crippen molar-refractivity contribution >= 4 is 17.0 Å². The quantitative estimate of drug-likeness (QED) is 0.742. The molecule has 0 unspecified atom stereocenters. The van der Waals surface area contributed by atoms with Gasteiger partial charge in [0.05, 0.1) is 12.7 Å². The molecule has 3 aromatic rings. The zero-order chi connectivity index (χ0) is 13.2. The van der Waals surface area contributed by atoms with Gasteiger partial charge in [-0.15, -0.1) is 0 Å². The van der Waals surface area contributed by atoms with Gasteiger partial charge in [0.1, 0.15) is 5.75 Å². The van der Waals surface area contributed by atoms with Crippen LogP contribution in [0.3, 0.4) is 0 Å². The molecule has 0 aliphatic heterocycles. The van der Waals surface area contributed by atoms with Gasteiger partial charge < -0.3 is 15.0 Å². The molecule has 1 aromatic carbocycles. The minimum Gasteiger partial charge on any atom is -0.496 e. The zero-order valence-electron chi connectivity index (χ0n) is 10.2. The largest absolute Gasteiger partial charge is 0.496 e. The second kappa shape index (κ2) is 4.74. The van der Waals surface area contributed by atoms with Gasteiger partial charge in [-0.1, -0.05) is 5.16 Å². The van der Waals surface area contributed by atoms with E-state index in [1.54, 1.807) is 36.6 Å². The number of rotatable bonds is 3. The molecule has 0 spiro atoms. The highest BCUT2D eigenvalue weighted by Crippen LogP contribution is 2.31. The average Bonchev–Trinajstić information content (AvgIpc) is 3.09. The molecule has 0 saturated carbocycles. The molecule has 0 atom stereocenters. The Bertz CT molecular complexity index is 692. The van der Waals surface area contributed by atoms with Gasteiger partial charge in [-0.25, -0.2) is 0 Å². The van der Waals surface area contributed by atoms with Crippen molar-refractivity contribution in [1.29, 1.82) is 0 Å². The minimum absolute atomic E-state index is 0.415. The van der Waals surface area contributed by atoms with Crippen LogP contribution < -0.4 is 10.5 Å². The second-order valence-electron chi connectivity index (χ2n) is 3.89. The molecule has 96 valence electrons. The van der Waals surface area contributed by atoms with E-state index in [2.05, 4.69) is 10.1 Å². The van der Waals surface area contributed by atoms with E-state index in [1.165, 1.54) is 0 Å². The summed E-state index contributed by atoms with van der Waals surface area (Å²) in [4.78, 5) is 4.37. The van der Waals surface area contributed by atoms with Gasteiger partial charge in [0.2, 0.25) is 5.82 Å². The molecule has 0 fully saturated rings. The maximum absolute atomic E-state index is 5.72. The van der Waals surface area contributed by atoms with Crippen LogP contribution in [-0.4, -0.2) is 17.3 Å². The highest BCUT2D eigenvalue weighted by molar-refractivity contribution is 7.08. The van der Waals surface area contributed by atoms with Gasteiger partial charge >= 0.3 is 0 Å². The van der Waals surface area contributed by atoms with Crippen molar-refractivity contribution in [3.8, 4) is 28.6 Å². The fraction of sp³-hybridized carbons (Fsp3) is 0.0769. The maximum atomic E-state index is 5.72. The zero-order valence-corrected chi connectivity index (χ0v) is 11.0. The van der Waals surface area contributed by atoms with Crippen LogP contribution in [-0.2, 0) is 0 Å². The lowest BCUT2D eigenvalue weighted by Gasteiger charge is -2.05. The van der Waals surface area contributed by atoms with E-state index in [-0.39, 0.29) is 0 Å². The van der Waals surface area contributed by atoms with E-state index in [4.69, 9.17) is 15.0 Å². The van der Waals surface area contributed by atoms with E-state index in [9.17, 15) is 0 Å². The minimum atomic E-state index is 0.415. The number of methoxy groups -OCH3 is 1. The normalized spacial score (nSPS) is 10.6. The Labute approximate surface area is 113 Å². The summed E-state index contributed by atoms with van der Waals surface area (Å²) >= 11 is 1.59. The lowest BCUT2D eigenvalue weighted by atomic mass is 10.2. The fourth-order valence-electron chi connectivity index (χ4n) is 1.73. The Morgan fingerprint density at radius 1 is 1.32 bits per heavy atom. The van der Waals surface area contributed by atoms with Gasteiger partial charge in [0.25, 0.3) is 5.89 Å². The van der Waals surface area contributed by atoms with Crippen molar-refractivity contribution in [3.63, 3.8) is 0 Å². The molecule has 3 rings (SSSR count). The van der Waals surface area contributed by atoms with E-state index in [0.717, 1.165) is 11.1 Å². The molecule has 2 N–H and O–H groups in total. The third-order valence-corrected chi connectivity index (χ3v) is 3.34. The molecule has 5 nitrogen and oxygen atoms in total. The molecule has 0 aliphatic rings. The van der Waals surface area contributed by atoms with Crippen LogP contribution in [0, 0.1) is 0 Å². The number of nitrogen functional groups attached to an aromatic ring is 1. The van der Waals surface area contributed by atoms with Gasteiger partial charge in [-0.2, -0.15) is 16.3 Å². The lowest BCUT2D eigenvalue weighted by molar-refractivity contribution is 0.405. The van der Waals surface area contributed by atoms with E-state index < -0.39 is 0 Å². The molecule has 0 saturated heterocycles. The third-order valence-electron chi connectivity index (χ3n) is 2.66. The van der Waals surface area contributed by atoms with Crippen molar-refractivity contribution in [2.24, 2.45) is 0 Å². The highest BCUT2D eigenvalue weighted by Gasteiger charge is 2.15. The number of ether oxygens (including phenoxy) is 1. The average molecular weight is 273 g/mol. The van der Waals surface area contributed by atoms with Crippen LogP contribution in [0.15, 0.2) is 39.5 Å². The predicted octanol–water partition coefficient (Wildman–Crippen LogP) is 3.06. The summed E-state index contributed by atoms with van der Waals surface area (Å²) in [5.41, 5.74) is 8.01. The van der Waals surface area contributed by atoms with Gasteiger partial charge in [0.15, 0.2) is 0 Å². The molecular formula is C13H11N3O2S. The second-order valence-corrected chi connectivity index (χ2v) is 4.67. The monoisotopic (exact) mass is 273 g/mol. The number of hydrogen-bond acceptors (Lipinski definition) is 6. The summed E-state index contributed by atoms with van der Waals surface area (Å²) in [6.45, 7) is 0. The van der Waals surface area contributed by atoms with Crippen molar-refractivity contribution < 1.29 is 9.26 Å². The Morgan fingerprint density at radius 3 is 2.95 bits per heavy atom. The predicted molar refractivity (Wildman–Crippen MR) is 74.0 cm³/mol. The topological polar surface area (TPSA) is 74.2 Å². The van der Waals surface area contributed by atoms with Crippen molar-refractivity contribution in [1.82, 2.24) is 10.1 Å². The molecule has 0 amide bonds. The van der Waals surface area contributed by atoms with Crippen LogP contribution in [0.2, 0.25) is 0 Å². The molecule has 19 heavy (non-hydrogen) atoms. The number of nitrogens with two attached hydrogens (primary N) is 1. The molecule has 0 bridgehead atoms. The van der Waals surface area contributed by atoms with E-state index in [1.807, 2.05) is 16.8 Å². The van der Waals surface area contributed by atoms with Crippen LogP contribution in [0.5, 0.6) is 5.75 Å². The first-order valence-corrected chi connectivity index (χ1v) is 6.52.